The van der Waals surface area contributed by atoms with Crippen molar-refractivity contribution in [2.24, 2.45) is 0 Å². The highest BCUT2D eigenvalue weighted by atomic mass is 32.1. The number of urea groups is 1. The molecule has 2 aromatic carbocycles. The minimum absolute atomic E-state index is 0.133. The van der Waals surface area contributed by atoms with Gasteiger partial charge in [0.15, 0.2) is 10.9 Å². The molecule has 4 rings (SSSR count). The molecule has 0 aliphatic carbocycles. The minimum Gasteiger partial charge on any atom is -0.345 e. The van der Waals surface area contributed by atoms with Crippen molar-refractivity contribution in [3.63, 3.8) is 0 Å². The average molecular weight is 392 g/mol. The molecule has 27 heavy (non-hydrogen) atoms. The van der Waals surface area contributed by atoms with Gasteiger partial charge in [0.2, 0.25) is 0 Å². The van der Waals surface area contributed by atoms with Crippen LogP contribution in [0.3, 0.4) is 0 Å². The first-order chi connectivity index (χ1) is 13.0. The number of nitrogens with zero attached hydrogens (tertiary/aromatic N) is 3. The molecule has 0 atom stereocenters. The highest BCUT2D eigenvalue weighted by Gasteiger charge is 2.24. The number of aromatic nitrogens is 1. The Bertz CT molecular complexity index is 1000. The molecule has 9 heteroatoms. The Balaban J connectivity index is 1.42. The summed E-state index contributed by atoms with van der Waals surface area (Å²) in [5.41, 5.74) is 0.282. The molecule has 2 amide bonds. The van der Waals surface area contributed by atoms with Gasteiger partial charge in [0, 0.05) is 32.2 Å². The standard InChI is InChI=1S/C18H15F3N4OS/c19-11-9-13(21)16-15(10-11)27-18(23-16)25-7-5-24(6-8-25)17(26)22-14-4-2-1-3-12(14)20/h1-4,9-10H,5-8H2,(H,22,26). The van der Waals surface area contributed by atoms with Crippen molar-refractivity contribution >= 4 is 38.4 Å². The number of amides is 2. The first-order valence-electron chi connectivity index (χ1n) is 8.32. The predicted molar refractivity (Wildman–Crippen MR) is 98.7 cm³/mol. The molecule has 0 saturated carbocycles. The molecule has 0 bridgehead atoms. The van der Waals surface area contributed by atoms with E-state index in [1.807, 2.05) is 4.90 Å². The van der Waals surface area contributed by atoms with Crippen LogP contribution in [0.5, 0.6) is 0 Å². The van der Waals surface area contributed by atoms with Gasteiger partial charge in [-0.15, -0.1) is 0 Å². The van der Waals surface area contributed by atoms with Crippen molar-refractivity contribution in [3.8, 4) is 0 Å². The smallest absolute Gasteiger partial charge is 0.322 e. The van der Waals surface area contributed by atoms with Gasteiger partial charge < -0.3 is 15.1 Å². The predicted octanol–water partition coefficient (Wildman–Crippen LogP) is 4.07. The number of hydrogen-bond acceptors (Lipinski definition) is 4. The van der Waals surface area contributed by atoms with E-state index in [9.17, 15) is 18.0 Å². The third-order valence-electron chi connectivity index (χ3n) is 4.35. The second kappa shape index (κ2) is 7.07. The Morgan fingerprint density at radius 3 is 2.52 bits per heavy atom. The van der Waals surface area contributed by atoms with Gasteiger partial charge in [-0.1, -0.05) is 23.5 Å². The van der Waals surface area contributed by atoms with Gasteiger partial charge in [0.25, 0.3) is 0 Å². The maximum absolute atomic E-state index is 13.8. The first-order valence-corrected chi connectivity index (χ1v) is 9.14. The molecule has 0 unspecified atom stereocenters. The molecule has 2 heterocycles. The number of benzene rings is 2. The highest BCUT2D eigenvalue weighted by Crippen LogP contribution is 2.31. The zero-order valence-electron chi connectivity index (χ0n) is 14.1. The van der Waals surface area contributed by atoms with Gasteiger partial charge in [-0.2, -0.15) is 0 Å². The molecule has 0 spiro atoms. The monoisotopic (exact) mass is 392 g/mol. The van der Waals surface area contributed by atoms with Gasteiger partial charge in [-0.05, 0) is 18.2 Å². The quantitative estimate of drug-likeness (QED) is 0.715. The number of halogens is 3. The fraction of sp³-hybridized carbons (Fsp3) is 0.222. The van der Waals surface area contributed by atoms with Crippen LogP contribution >= 0.6 is 11.3 Å². The van der Waals surface area contributed by atoms with Crippen molar-refractivity contribution in [2.75, 3.05) is 36.4 Å². The van der Waals surface area contributed by atoms with Crippen LogP contribution in [0.1, 0.15) is 0 Å². The topological polar surface area (TPSA) is 48.5 Å². The number of thiazole rings is 1. The normalized spacial score (nSPS) is 14.6. The summed E-state index contributed by atoms with van der Waals surface area (Å²) in [6, 6.07) is 7.68. The third kappa shape index (κ3) is 3.55. The summed E-state index contributed by atoms with van der Waals surface area (Å²) < 4.78 is 41.3. The molecule has 1 saturated heterocycles. The molecule has 1 N–H and O–H groups in total. The molecule has 1 aliphatic heterocycles. The summed E-state index contributed by atoms with van der Waals surface area (Å²) in [6.07, 6.45) is 0. The summed E-state index contributed by atoms with van der Waals surface area (Å²) in [6.45, 7) is 1.81. The minimum atomic E-state index is -0.685. The van der Waals surface area contributed by atoms with Gasteiger partial charge in [-0.25, -0.2) is 22.9 Å². The molecule has 1 aliphatic rings. The number of anilines is 2. The van der Waals surface area contributed by atoms with Crippen LogP contribution in [-0.2, 0) is 0 Å². The number of hydrogen-bond donors (Lipinski definition) is 1. The molecule has 5 nitrogen and oxygen atoms in total. The summed E-state index contributed by atoms with van der Waals surface area (Å²) in [7, 11) is 0. The lowest BCUT2D eigenvalue weighted by Crippen LogP contribution is -2.50. The van der Waals surface area contributed by atoms with Gasteiger partial charge in [0.05, 0.1) is 10.4 Å². The maximum Gasteiger partial charge on any atom is 0.322 e. The zero-order valence-corrected chi connectivity index (χ0v) is 14.9. The van der Waals surface area contributed by atoms with Crippen molar-refractivity contribution in [3.05, 3.63) is 53.8 Å². The van der Waals surface area contributed by atoms with Crippen molar-refractivity contribution in [2.45, 2.75) is 0 Å². The van der Waals surface area contributed by atoms with E-state index in [1.165, 1.54) is 29.5 Å². The van der Waals surface area contributed by atoms with Crippen LogP contribution in [0.4, 0.5) is 28.8 Å². The van der Waals surface area contributed by atoms with Crippen LogP contribution in [0, 0.1) is 17.5 Å². The average Bonchev–Trinajstić information content (AvgIpc) is 3.08. The second-order valence-electron chi connectivity index (χ2n) is 6.11. The largest absolute Gasteiger partial charge is 0.345 e. The number of carbonyl (C=O) groups is 1. The van der Waals surface area contributed by atoms with E-state index in [-0.39, 0.29) is 17.2 Å². The Morgan fingerprint density at radius 2 is 1.78 bits per heavy atom. The zero-order chi connectivity index (χ0) is 19.0. The molecule has 1 fully saturated rings. The fourth-order valence-electron chi connectivity index (χ4n) is 2.94. The highest BCUT2D eigenvalue weighted by molar-refractivity contribution is 7.22. The fourth-order valence-corrected chi connectivity index (χ4v) is 4.00. The first kappa shape index (κ1) is 17.6. The Kier molecular flexibility index (Phi) is 4.61. The summed E-state index contributed by atoms with van der Waals surface area (Å²) in [5, 5.41) is 3.15. The Morgan fingerprint density at radius 1 is 1.04 bits per heavy atom. The van der Waals surface area contributed by atoms with Crippen molar-refractivity contribution in [1.29, 1.82) is 0 Å². The van der Waals surface area contributed by atoms with E-state index in [4.69, 9.17) is 0 Å². The maximum atomic E-state index is 13.8. The molecular formula is C18H15F3N4OS. The lowest BCUT2D eigenvalue weighted by atomic mass is 10.3. The van der Waals surface area contributed by atoms with Crippen LogP contribution in [0.25, 0.3) is 10.2 Å². The lowest BCUT2D eigenvalue weighted by Gasteiger charge is -2.34. The lowest BCUT2D eigenvalue weighted by molar-refractivity contribution is 0.208. The van der Waals surface area contributed by atoms with Crippen LogP contribution < -0.4 is 10.2 Å². The van der Waals surface area contributed by atoms with Gasteiger partial charge >= 0.3 is 6.03 Å². The van der Waals surface area contributed by atoms with Crippen molar-refractivity contribution < 1.29 is 18.0 Å². The van der Waals surface area contributed by atoms with E-state index in [0.717, 1.165) is 6.07 Å². The number of fused-ring (bicyclic) bond motifs is 1. The number of piperazine rings is 1. The summed E-state index contributed by atoms with van der Waals surface area (Å²) in [4.78, 5) is 20.1. The Labute approximate surface area is 157 Å². The summed E-state index contributed by atoms with van der Waals surface area (Å²) >= 11 is 1.21. The molecular weight excluding hydrogens is 377 g/mol. The van der Waals surface area contributed by atoms with E-state index < -0.39 is 17.5 Å². The van der Waals surface area contributed by atoms with E-state index >= 15 is 0 Å². The van der Waals surface area contributed by atoms with E-state index in [2.05, 4.69) is 10.3 Å². The molecule has 1 aromatic heterocycles. The molecule has 3 aromatic rings. The Hall–Kier alpha value is -2.81. The number of carbonyl (C=O) groups excluding carboxylic acids is 1. The summed E-state index contributed by atoms with van der Waals surface area (Å²) in [5.74, 6) is -1.81. The number of rotatable bonds is 2. The number of nitrogens with one attached hydrogen (secondary N) is 1. The van der Waals surface area contributed by atoms with Crippen LogP contribution in [0.15, 0.2) is 36.4 Å². The van der Waals surface area contributed by atoms with E-state index in [1.54, 1.807) is 17.0 Å². The molecule has 140 valence electrons. The van der Waals surface area contributed by atoms with Crippen LogP contribution in [-0.4, -0.2) is 42.1 Å². The van der Waals surface area contributed by atoms with E-state index in [0.29, 0.717) is 36.0 Å². The second-order valence-corrected chi connectivity index (χ2v) is 7.12. The van der Waals surface area contributed by atoms with Gasteiger partial charge in [-0.3, -0.25) is 0 Å². The van der Waals surface area contributed by atoms with Gasteiger partial charge in [0.1, 0.15) is 17.2 Å². The number of para-hydroxylation sites is 1. The SMILES string of the molecule is O=C(Nc1ccccc1F)N1CCN(c2nc3c(F)cc(F)cc3s2)CC1. The van der Waals surface area contributed by atoms with Crippen molar-refractivity contribution in [1.82, 2.24) is 9.88 Å². The van der Waals surface area contributed by atoms with Crippen LogP contribution in [0.2, 0.25) is 0 Å². The molecule has 0 radical (unpaired) electrons. The third-order valence-corrected chi connectivity index (χ3v) is 5.42.